The van der Waals surface area contributed by atoms with Gasteiger partial charge in [0.25, 0.3) is 5.91 Å². The number of methoxy groups -OCH3 is 1. The summed E-state index contributed by atoms with van der Waals surface area (Å²) in [6.07, 6.45) is 3.00. The molecule has 3 rings (SSSR count). The van der Waals surface area contributed by atoms with E-state index < -0.39 is 17.7 Å². The van der Waals surface area contributed by atoms with Crippen LogP contribution in [-0.2, 0) is 9.59 Å². The Labute approximate surface area is 165 Å². The third-order valence-corrected chi connectivity index (χ3v) is 5.24. The number of rotatable bonds is 4. The zero-order chi connectivity index (χ0) is 20.3. The van der Waals surface area contributed by atoms with Crippen molar-refractivity contribution >= 4 is 34.7 Å². The number of anilines is 1. The SMILES string of the molecule is COc1ncc(NC(=O)C(=O)N2C[C@H](C)CC[C@H]2c2cscn2)cc1C(N)=O. The first-order valence-corrected chi connectivity index (χ1v) is 9.68. The van der Waals surface area contributed by atoms with Gasteiger partial charge in [0.15, 0.2) is 0 Å². The second kappa shape index (κ2) is 8.34. The number of hydrogen-bond acceptors (Lipinski definition) is 7. The molecule has 28 heavy (non-hydrogen) atoms. The largest absolute Gasteiger partial charge is 0.480 e. The van der Waals surface area contributed by atoms with Gasteiger partial charge < -0.3 is 20.7 Å². The Morgan fingerprint density at radius 1 is 1.32 bits per heavy atom. The van der Waals surface area contributed by atoms with Crippen LogP contribution in [0.15, 0.2) is 23.2 Å². The normalized spacial score (nSPS) is 19.1. The molecule has 0 aromatic carbocycles. The van der Waals surface area contributed by atoms with Crippen LogP contribution in [0, 0.1) is 5.92 Å². The quantitative estimate of drug-likeness (QED) is 0.746. The predicted molar refractivity (Wildman–Crippen MR) is 103 cm³/mol. The molecule has 0 saturated carbocycles. The predicted octanol–water partition coefficient (Wildman–Crippen LogP) is 1.58. The average Bonchev–Trinajstić information content (AvgIpc) is 3.21. The first-order valence-electron chi connectivity index (χ1n) is 8.74. The van der Waals surface area contributed by atoms with E-state index in [1.807, 2.05) is 12.3 Å². The van der Waals surface area contributed by atoms with Gasteiger partial charge in [-0.2, -0.15) is 0 Å². The van der Waals surface area contributed by atoms with E-state index in [4.69, 9.17) is 10.5 Å². The van der Waals surface area contributed by atoms with Gasteiger partial charge in [-0.1, -0.05) is 6.92 Å². The minimum Gasteiger partial charge on any atom is -0.480 e. The van der Waals surface area contributed by atoms with Gasteiger partial charge in [0.05, 0.1) is 36.2 Å². The van der Waals surface area contributed by atoms with Crippen molar-refractivity contribution in [1.82, 2.24) is 14.9 Å². The molecule has 9 nitrogen and oxygen atoms in total. The summed E-state index contributed by atoms with van der Waals surface area (Å²) in [5, 5.41) is 4.39. The van der Waals surface area contributed by atoms with Gasteiger partial charge in [0.2, 0.25) is 5.88 Å². The standard InChI is InChI=1S/C18H21N5O4S/c1-10-3-4-14(13-8-28-9-21-13)23(7-10)18(26)16(25)22-11-5-12(15(19)24)17(27-2)20-6-11/h5-6,8-10,14H,3-4,7H2,1-2H3,(H2,19,24)(H,22,25)/t10-,14+/m1/s1. The Hall–Kier alpha value is -3.01. The topological polar surface area (TPSA) is 128 Å². The molecule has 2 aromatic rings. The summed E-state index contributed by atoms with van der Waals surface area (Å²) in [7, 11) is 1.35. The molecule has 2 aromatic heterocycles. The molecule has 1 fully saturated rings. The number of aromatic nitrogens is 2. The summed E-state index contributed by atoms with van der Waals surface area (Å²) in [5.74, 6) is -1.88. The second-order valence-electron chi connectivity index (χ2n) is 6.67. The summed E-state index contributed by atoms with van der Waals surface area (Å²) in [6.45, 7) is 2.52. The summed E-state index contributed by atoms with van der Waals surface area (Å²) < 4.78 is 4.97. The van der Waals surface area contributed by atoms with Gasteiger partial charge >= 0.3 is 11.8 Å². The molecule has 2 atom stereocenters. The molecule has 3 N–H and O–H groups in total. The summed E-state index contributed by atoms with van der Waals surface area (Å²) >= 11 is 1.45. The second-order valence-corrected chi connectivity index (χ2v) is 7.39. The fraction of sp³-hybridized carbons (Fsp3) is 0.389. The number of hydrogen-bond donors (Lipinski definition) is 2. The van der Waals surface area contributed by atoms with Crippen LogP contribution in [0.4, 0.5) is 5.69 Å². The number of ether oxygens (including phenoxy) is 1. The maximum atomic E-state index is 12.8. The van der Waals surface area contributed by atoms with E-state index in [1.165, 1.54) is 30.7 Å². The lowest BCUT2D eigenvalue weighted by atomic mass is 9.92. The van der Waals surface area contributed by atoms with Crippen LogP contribution in [0.2, 0.25) is 0 Å². The minimum atomic E-state index is -0.809. The molecule has 1 aliphatic rings. The molecule has 10 heteroatoms. The van der Waals surface area contributed by atoms with Crippen LogP contribution in [0.25, 0.3) is 0 Å². The van der Waals surface area contributed by atoms with Gasteiger partial charge in [-0.15, -0.1) is 11.3 Å². The number of primary amides is 1. The Balaban J connectivity index is 1.78. The highest BCUT2D eigenvalue weighted by Crippen LogP contribution is 2.33. The van der Waals surface area contributed by atoms with Crippen molar-refractivity contribution in [2.45, 2.75) is 25.8 Å². The van der Waals surface area contributed by atoms with Gasteiger partial charge in [-0.3, -0.25) is 14.4 Å². The van der Waals surface area contributed by atoms with E-state index in [-0.39, 0.29) is 29.1 Å². The van der Waals surface area contributed by atoms with Gasteiger partial charge in [0, 0.05) is 11.9 Å². The number of piperidine rings is 1. The maximum absolute atomic E-state index is 12.8. The Morgan fingerprint density at radius 2 is 2.11 bits per heavy atom. The molecule has 0 radical (unpaired) electrons. The number of carbonyl (C=O) groups is 3. The molecule has 1 saturated heterocycles. The van der Waals surface area contributed by atoms with Crippen molar-refractivity contribution in [2.24, 2.45) is 11.7 Å². The number of carbonyl (C=O) groups excluding carboxylic acids is 3. The van der Waals surface area contributed by atoms with Crippen LogP contribution in [0.1, 0.15) is 41.9 Å². The van der Waals surface area contributed by atoms with Crippen LogP contribution < -0.4 is 15.8 Å². The number of nitrogens with two attached hydrogens (primary N) is 1. The number of thiazole rings is 1. The minimum absolute atomic E-state index is 0.0136. The number of likely N-dealkylation sites (tertiary alicyclic amines) is 1. The molecule has 148 valence electrons. The van der Waals surface area contributed by atoms with Gasteiger partial charge in [0.1, 0.15) is 5.56 Å². The Kier molecular flexibility index (Phi) is 5.88. The summed E-state index contributed by atoms with van der Waals surface area (Å²) in [5.41, 5.74) is 8.00. The number of nitrogens with one attached hydrogen (secondary N) is 1. The van der Waals surface area contributed by atoms with Crippen molar-refractivity contribution in [1.29, 1.82) is 0 Å². The molecular weight excluding hydrogens is 382 g/mol. The smallest absolute Gasteiger partial charge is 0.313 e. The highest BCUT2D eigenvalue weighted by Gasteiger charge is 2.35. The third-order valence-electron chi connectivity index (χ3n) is 4.63. The van der Waals surface area contributed by atoms with E-state index in [9.17, 15) is 14.4 Å². The summed E-state index contributed by atoms with van der Waals surface area (Å²) in [6, 6.07) is 1.10. The first-order chi connectivity index (χ1) is 13.4. The molecule has 1 aliphatic heterocycles. The number of nitrogens with zero attached hydrogens (tertiary/aromatic N) is 3. The van der Waals surface area contributed by atoms with E-state index in [1.54, 1.807) is 10.4 Å². The van der Waals surface area contributed by atoms with Crippen molar-refractivity contribution in [3.05, 3.63) is 34.4 Å². The van der Waals surface area contributed by atoms with E-state index in [0.717, 1.165) is 18.5 Å². The highest BCUT2D eigenvalue weighted by atomic mass is 32.1. The lowest BCUT2D eigenvalue weighted by Gasteiger charge is -2.37. The van der Waals surface area contributed by atoms with Crippen molar-refractivity contribution in [2.75, 3.05) is 19.0 Å². The van der Waals surface area contributed by atoms with Crippen LogP contribution in [-0.4, -0.2) is 46.2 Å². The van der Waals surface area contributed by atoms with Crippen LogP contribution in [0.5, 0.6) is 5.88 Å². The van der Waals surface area contributed by atoms with Crippen molar-refractivity contribution < 1.29 is 19.1 Å². The lowest BCUT2D eigenvalue weighted by molar-refractivity contribution is -0.146. The van der Waals surface area contributed by atoms with Crippen molar-refractivity contribution in [3.63, 3.8) is 0 Å². The fourth-order valence-corrected chi connectivity index (χ4v) is 3.85. The Morgan fingerprint density at radius 3 is 2.75 bits per heavy atom. The van der Waals surface area contributed by atoms with Crippen LogP contribution in [0.3, 0.4) is 0 Å². The monoisotopic (exact) mass is 403 g/mol. The van der Waals surface area contributed by atoms with E-state index >= 15 is 0 Å². The Bertz CT molecular complexity index is 886. The van der Waals surface area contributed by atoms with Gasteiger partial charge in [-0.25, -0.2) is 9.97 Å². The van der Waals surface area contributed by atoms with E-state index in [0.29, 0.717) is 6.54 Å². The fourth-order valence-electron chi connectivity index (χ4n) is 3.25. The van der Waals surface area contributed by atoms with E-state index in [2.05, 4.69) is 15.3 Å². The lowest BCUT2D eigenvalue weighted by Crippen LogP contribution is -2.46. The number of pyridine rings is 1. The first kappa shape index (κ1) is 19.7. The number of amides is 3. The zero-order valence-corrected chi connectivity index (χ0v) is 16.4. The molecule has 0 aliphatic carbocycles. The van der Waals surface area contributed by atoms with Crippen LogP contribution >= 0.6 is 11.3 Å². The molecule has 0 spiro atoms. The molecule has 0 unspecified atom stereocenters. The highest BCUT2D eigenvalue weighted by molar-refractivity contribution is 7.07. The molecular formula is C18H21N5O4S. The molecule has 3 amide bonds. The average molecular weight is 403 g/mol. The zero-order valence-electron chi connectivity index (χ0n) is 15.5. The maximum Gasteiger partial charge on any atom is 0.313 e. The summed E-state index contributed by atoms with van der Waals surface area (Å²) in [4.78, 5) is 46.7. The molecule has 0 bridgehead atoms. The third kappa shape index (κ3) is 4.11. The molecule has 3 heterocycles. The van der Waals surface area contributed by atoms with Gasteiger partial charge in [-0.05, 0) is 24.8 Å². The van der Waals surface area contributed by atoms with Crippen molar-refractivity contribution in [3.8, 4) is 5.88 Å².